The van der Waals surface area contributed by atoms with Crippen molar-refractivity contribution in [2.75, 3.05) is 0 Å². The van der Waals surface area contributed by atoms with E-state index >= 15 is 0 Å². The first-order valence-electron chi connectivity index (χ1n) is 7.83. The number of hydrogen-bond donors (Lipinski definition) is 1. The SMILES string of the molecule is OC(Cc1nc(C23CC4CC(CC(C4)C2)C3)no1)C(F)F. The maximum absolute atomic E-state index is 12.4. The second-order valence-corrected chi connectivity index (χ2v) is 7.32. The van der Waals surface area contributed by atoms with E-state index in [4.69, 9.17) is 4.52 Å². The molecule has 6 heteroatoms. The molecular formula is C15H20F2N2O2. The highest BCUT2D eigenvalue weighted by Gasteiger charge is 2.53. The highest BCUT2D eigenvalue weighted by molar-refractivity contribution is 5.16. The van der Waals surface area contributed by atoms with Crippen LogP contribution in [0.4, 0.5) is 8.78 Å². The fourth-order valence-electron chi connectivity index (χ4n) is 5.21. The van der Waals surface area contributed by atoms with E-state index in [-0.39, 0.29) is 17.7 Å². The average Bonchev–Trinajstić information content (AvgIpc) is 2.86. The van der Waals surface area contributed by atoms with Crippen LogP contribution in [0.15, 0.2) is 4.52 Å². The second kappa shape index (κ2) is 4.73. The molecule has 4 aliphatic rings. The van der Waals surface area contributed by atoms with E-state index in [1.54, 1.807) is 0 Å². The van der Waals surface area contributed by atoms with E-state index in [2.05, 4.69) is 10.1 Å². The molecule has 0 aliphatic heterocycles. The molecule has 4 fully saturated rings. The molecule has 1 unspecified atom stereocenters. The third-order valence-corrected chi connectivity index (χ3v) is 5.66. The predicted molar refractivity (Wildman–Crippen MR) is 69.9 cm³/mol. The van der Waals surface area contributed by atoms with Crippen LogP contribution in [-0.2, 0) is 11.8 Å². The first kappa shape index (κ1) is 13.6. The van der Waals surface area contributed by atoms with Gasteiger partial charge in [-0.1, -0.05) is 5.16 Å². The number of aliphatic hydroxyl groups excluding tert-OH is 1. The largest absolute Gasteiger partial charge is 0.387 e. The third kappa shape index (κ3) is 2.28. The van der Waals surface area contributed by atoms with Crippen LogP contribution in [0, 0.1) is 17.8 Å². The van der Waals surface area contributed by atoms with E-state index in [1.165, 1.54) is 19.3 Å². The lowest BCUT2D eigenvalue weighted by molar-refractivity contribution is -0.0103. The van der Waals surface area contributed by atoms with Gasteiger partial charge in [-0.05, 0) is 56.3 Å². The van der Waals surface area contributed by atoms with Crippen LogP contribution in [-0.4, -0.2) is 27.8 Å². The Balaban J connectivity index is 1.55. The summed E-state index contributed by atoms with van der Waals surface area (Å²) in [7, 11) is 0. The van der Waals surface area contributed by atoms with E-state index < -0.39 is 12.5 Å². The Morgan fingerprint density at radius 3 is 2.24 bits per heavy atom. The first-order chi connectivity index (χ1) is 10.0. The topological polar surface area (TPSA) is 59.2 Å². The maximum atomic E-state index is 12.4. The molecule has 1 atom stereocenters. The molecule has 5 rings (SSSR count). The van der Waals surface area contributed by atoms with Crippen LogP contribution in [0.2, 0.25) is 0 Å². The summed E-state index contributed by atoms with van der Waals surface area (Å²) in [5.74, 6) is 3.13. The van der Waals surface area contributed by atoms with Gasteiger partial charge in [0.2, 0.25) is 5.89 Å². The number of halogens is 2. The van der Waals surface area contributed by atoms with Gasteiger partial charge in [0, 0.05) is 5.41 Å². The van der Waals surface area contributed by atoms with Gasteiger partial charge in [-0.3, -0.25) is 0 Å². The molecule has 4 saturated carbocycles. The Bertz CT molecular complexity index is 496. The van der Waals surface area contributed by atoms with Crippen molar-refractivity contribution >= 4 is 0 Å². The Labute approximate surface area is 121 Å². The van der Waals surface area contributed by atoms with Crippen LogP contribution >= 0.6 is 0 Å². The monoisotopic (exact) mass is 298 g/mol. The Morgan fingerprint density at radius 1 is 1.14 bits per heavy atom. The van der Waals surface area contributed by atoms with Crippen molar-refractivity contribution in [1.82, 2.24) is 10.1 Å². The lowest BCUT2D eigenvalue weighted by Crippen LogP contribution is -2.49. The first-order valence-corrected chi connectivity index (χ1v) is 7.83. The zero-order chi connectivity index (χ0) is 14.6. The number of aromatic nitrogens is 2. The van der Waals surface area contributed by atoms with Gasteiger partial charge in [-0.25, -0.2) is 8.78 Å². The van der Waals surface area contributed by atoms with E-state index in [9.17, 15) is 13.9 Å². The van der Waals surface area contributed by atoms with E-state index in [1.807, 2.05) is 0 Å². The molecule has 1 aromatic rings. The smallest absolute Gasteiger partial charge is 0.264 e. The van der Waals surface area contributed by atoms with Gasteiger partial charge in [-0.2, -0.15) is 4.98 Å². The molecule has 0 aromatic carbocycles. The minimum Gasteiger partial charge on any atom is -0.387 e. The van der Waals surface area contributed by atoms with Crippen molar-refractivity contribution in [1.29, 1.82) is 0 Å². The van der Waals surface area contributed by atoms with Crippen molar-refractivity contribution in [3.63, 3.8) is 0 Å². The van der Waals surface area contributed by atoms with Crippen molar-refractivity contribution in [2.45, 2.75) is 62.9 Å². The van der Waals surface area contributed by atoms with E-state index in [0.717, 1.165) is 37.0 Å². The number of aliphatic hydroxyl groups is 1. The zero-order valence-electron chi connectivity index (χ0n) is 11.8. The van der Waals surface area contributed by atoms with Crippen LogP contribution in [0.3, 0.4) is 0 Å². The fraction of sp³-hybridized carbons (Fsp3) is 0.867. The summed E-state index contributed by atoms with van der Waals surface area (Å²) in [5.41, 5.74) is 0.00623. The van der Waals surface area contributed by atoms with Gasteiger partial charge in [0.25, 0.3) is 6.43 Å². The van der Waals surface area contributed by atoms with Gasteiger partial charge in [0.05, 0.1) is 6.42 Å². The minimum absolute atomic E-state index is 0.00623. The van der Waals surface area contributed by atoms with Crippen LogP contribution < -0.4 is 0 Å². The molecule has 21 heavy (non-hydrogen) atoms. The van der Waals surface area contributed by atoms with Gasteiger partial charge < -0.3 is 9.63 Å². The van der Waals surface area contributed by atoms with Gasteiger partial charge in [0.1, 0.15) is 6.10 Å². The molecule has 0 spiro atoms. The lowest BCUT2D eigenvalue weighted by Gasteiger charge is -2.55. The summed E-state index contributed by atoms with van der Waals surface area (Å²) < 4.78 is 29.9. The van der Waals surface area contributed by atoms with E-state index in [0.29, 0.717) is 5.82 Å². The summed E-state index contributed by atoms with van der Waals surface area (Å²) >= 11 is 0. The average molecular weight is 298 g/mol. The molecular weight excluding hydrogens is 278 g/mol. The standard InChI is InChI=1S/C15H20F2N2O2/c16-13(17)11(20)4-12-18-14(19-21-12)15-5-8-1-9(6-15)3-10(2-8)7-15/h8-11,13,20H,1-7H2. The molecule has 0 saturated heterocycles. The van der Waals surface area contributed by atoms with Crippen molar-refractivity contribution < 1.29 is 18.4 Å². The molecule has 1 aromatic heterocycles. The molecule has 0 amide bonds. The summed E-state index contributed by atoms with van der Waals surface area (Å²) in [4.78, 5) is 4.35. The Kier molecular flexibility index (Phi) is 3.07. The number of alkyl halides is 2. The molecule has 1 N–H and O–H groups in total. The van der Waals surface area contributed by atoms with Crippen molar-refractivity contribution in [3.8, 4) is 0 Å². The maximum Gasteiger partial charge on any atom is 0.264 e. The number of nitrogens with zero attached hydrogens (tertiary/aromatic N) is 2. The minimum atomic E-state index is -2.78. The summed E-state index contributed by atoms with van der Waals surface area (Å²) in [6, 6.07) is 0. The van der Waals surface area contributed by atoms with Gasteiger partial charge in [-0.15, -0.1) is 0 Å². The molecule has 4 aliphatic carbocycles. The third-order valence-electron chi connectivity index (χ3n) is 5.66. The fourth-order valence-corrected chi connectivity index (χ4v) is 5.21. The zero-order valence-corrected chi connectivity index (χ0v) is 11.8. The summed E-state index contributed by atoms with van der Waals surface area (Å²) in [6.45, 7) is 0. The molecule has 0 radical (unpaired) electrons. The van der Waals surface area contributed by atoms with Crippen molar-refractivity contribution in [2.24, 2.45) is 17.8 Å². The summed E-state index contributed by atoms with van der Waals surface area (Å²) in [6.07, 6.45) is 2.53. The van der Waals surface area contributed by atoms with Gasteiger partial charge in [0.15, 0.2) is 5.82 Å². The summed E-state index contributed by atoms with van der Waals surface area (Å²) in [5, 5.41) is 13.3. The lowest BCUT2D eigenvalue weighted by atomic mass is 9.49. The van der Waals surface area contributed by atoms with Crippen LogP contribution in [0.5, 0.6) is 0 Å². The second-order valence-electron chi connectivity index (χ2n) is 7.32. The Morgan fingerprint density at radius 2 is 1.71 bits per heavy atom. The number of rotatable bonds is 4. The quantitative estimate of drug-likeness (QED) is 0.928. The molecule has 4 nitrogen and oxygen atoms in total. The predicted octanol–water partition coefficient (Wildman–Crippen LogP) is 2.71. The molecule has 116 valence electrons. The number of hydrogen-bond acceptors (Lipinski definition) is 4. The highest BCUT2D eigenvalue weighted by atomic mass is 19.3. The Hall–Kier alpha value is -1.04. The normalized spacial score (nSPS) is 39.1. The highest BCUT2D eigenvalue weighted by Crippen LogP contribution is 2.60. The van der Waals surface area contributed by atoms with Crippen LogP contribution in [0.1, 0.15) is 50.2 Å². The molecule has 4 bridgehead atoms. The molecule has 1 heterocycles. The van der Waals surface area contributed by atoms with Crippen LogP contribution in [0.25, 0.3) is 0 Å². The van der Waals surface area contributed by atoms with Crippen molar-refractivity contribution in [3.05, 3.63) is 11.7 Å². The van der Waals surface area contributed by atoms with Gasteiger partial charge >= 0.3 is 0 Å².